The van der Waals surface area contributed by atoms with Gasteiger partial charge in [0, 0.05) is 34.3 Å². The fourth-order valence-electron chi connectivity index (χ4n) is 2.35. The first kappa shape index (κ1) is 14.8. The highest BCUT2D eigenvalue weighted by molar-refractivity contribution is 14.1. The number of benzene rings is 1. The molecule has 112 valence electrons. The third-order valence-corrected chi connectivity index (χ3v) is 4.00. The summed E-state index contributed by atoms with van der Waals surface area (Å²) in [5, 5.41) is 3.35. The summed E-state index contributed by atoms with van der Waals surface area (Å²) in [7, 11) is 0. The number of hydrogen-bond acceptors (Lipinski definition) is 3. The Labute approximate surface area is 141 Å². The molecule has 3 N–H and O–H groups in total. The first-order chi connectivity index (χ1) is 10.6. The van der Waals surface area contributed by atoms with Gasteiger partial charge in [-0.05, 0) is 52.8 Å². The Morgan fingerprint density at radius 3 is 3.05 bits per heavy atom. The quantitative estimate of drug-likeness (QED) is 0.641. The van der Waals surface area contributed by atoms with E-state index in [9.17, 15) is 4.79 Å². The van der Waals surface area contributed by atoms with Gasteiger partial charge in [0.1, 0.15) is 5.82 Å². The second-order valence-corrected chi connectivity index (χ2v) is 6.21. The SMILES string of the molecule is NC(=O)c1cccc(CCNc2nccn3cc(I)cc23)c1. The molecule has 0 radical (unpaired) electrons. The molecule has 1 amide bonds. The third-order valence-electron chi connectivity index (χ3n) is 3.41. The molecule has 3 rings (SSSR count). The fraction of sp³-hybridized carbons (Fsp3) is 0.125. The maximum atomic E-state index is 11.2. The number of nitrogens with one attached hydrogen (secondary N) is 1. The third kappa shape index (κ3) is 3.22. The number of carbonyl (C=O) groups excluding carboxylic acids is 1. The number of hydrogen-bond donors (Lipinski definition) is 2. The molecule has 0 atom stereocenters. The summed E-state index contributed by atoms with van der Waals surface area (Å²) >= 11 is 2.29. The molecule has 6 heteroatoms. The Kier molecular flexibility index (Phi) is 4.28. The highest BCUT2D eigenvalue weighted by Gasteiger charge is 2.05. The van der Waals surface area contributed by atoms with Crippen LogP contribution in [0.1, 0.15) is 15.9 Å². The van der Waals surface area contributed by atoms with Crippen molar-refractivity contribution in [3.05, 3.63) is 63.6 Å². The monoisotopic (exact) mass is 406 g/mol. The number of halogens is 1. The number of nitrogens with two attached hydrogens (primary N) is 1. The zero-order valence-corrected chi connectivity index (χ0v) is 13.9. The summed E-state index contributed by atoms with van der Waals surface area (Å²) < 4.78 is 3.22. The van der Waals surface area contributed by atoms with Gasteiger partial charge < -0.3 is 15.5 Å². The van der Waals surface area contributed by atoms with Crippen molar-refractivity contribution in [3.63, 3.8) is 0 Å². The molecule has 0 aliphatic carbocycles. The molecule has 0 aliphatic heterocycles. The summed E-state index contributed by atoms with van der Waals surface area (Å²) in [6, 6.07) is 9.48. The molecule has 0 fully saturated rings. The number of primary amides is 1. The first-order valence-corrected chi connectivity index (χ1v) is 7.96. The van der Waals surface area contributed by atoms with Crippen LogP contribution in [0.25, 0.3) is 5.52 Å². The molecule has 0 aliphatic rings. The molecule has 22 heavy (non-hydrogen) atoms. The highest BCUT2D eigenvalue weighted by atomic mass is 127. The van der Waals surface area contributed by atoms with Crippen LogP contribution in [0, 0.1) is 3.57 Å². The van der Waals surface area contributed by atoms with Gasteiger partial charge >= 0.3 is 0 Å². The van der Waals surface area contributed by atoms with Gasteiger partial charge in [0.25, 0.3) is 0 Å². The molecular weight excluding hydrogens is 391 g/mol. The van der Waals surface area contributed by atoms with E-state index in [1.165, 1.54) is 3.57 Å². The molecule has 1 aromatic carbocycles. The van der Waals surface area contributed by atoms with Crippen molar-refractivity contribution in [1.29, 1.82) is 0 Å². The average Bonchev–Trinajstić information content (AvgIpc) is 2.89. The predicted molar refractivity (Wildman–Crippen MR) is 95.1 cm³/mol. The Morgan fingerprint density at radius 2 is 2.23 bits per heavy atom. The van der Waals surface area contributed by atoms with Crippen molar-refractivity contribution in [2.24, 2.45) is 5.73 Å². The molecule has 0 bridgehead atoms. The van der Waals surface area contributed by atoms with Crippen molar-refractivity contribution < 1.29 is 4.79 Å². The number of carbonyl (C=O) groups is 1. The molecule has 0 saturated heterocycles. The first-order valence-electron chi connectivity index (χ1n) is 6.88. The zero-order valence-electron chi connectivity index (χ0n) is 11.8. The molecule has 0 unspecified atom stereocenters. The molecule has 2 aromatic heterocycles. The topological polar surface area (TPSA) is 72.4 Å². The standard InChI is InChI=1S/C16H15IN4O/c17-13-9-14-16(20-6-7-21(14)10-13)19-5-4-11-2-1-3-12(8-11)15(18)22/h1-3,6-10H,4-5H2,(H2,18,22)(H,19,20). The maximum Gasteiger partial charge on any atom is 0.248 e. The molecule has 2 heterocycles. The van der Waals surface area contributed by atoms with Crippen LogP contribution in [-0.4, -0.2) is 21.8 Å². The molecule has 0 spiro atoms. The van der Waals surface area contributed by atoms with Crippen LogP contribution in [0.15, 0.2) is 48.9 Å². The van der Waals surface area contributed by atoms with E-state index in [4.69, 9.17) is 5.73 Å². The van der Waals surface area contributed by atoms with Gasteiger partial charge in [-0.15, -0.1) is 0 Å². The molecule has 3 aromatic rings. The number of fused-ring (bicyclic) bond motifs is 1. The minimum absolute atomic E-state index is 0.399. The van der Waals surface area contributed by atoms with Crippen LogP contribution in [0.5, 0.6) is 0 Å². The summed E-state index contributed by atoms with van der Waals surface area (Å²) in [5.41, 5.74) is 7.96. The van der Waals surface area contributed by atoms with Crippen LogP contribution in [0.2, 0.25) is 0 Å². The highest BCUT2D eigenvalue weighted by Crippen LogP contribution is 2.18. The lowest BCUT2D eigenvalue weighted by atomic mass is 10.1. The average molecular weight is 406 g/mol. The smallest absolute Gasteiger partial charge is 0.248 e. The van der Waals surface area contributed by atoms with E-state index in [1.54, 1.807) is 12.3 Å². The second-order valence-electron chi connectivity index (χ2n) is 4.97. The van der Waals surface area contributed by atoms with Gasteiger partial charge in [-0.2, -0.15) is 0 Å². The molecular formula is C16H15IN4O. The number of amides is 1. The van der Waals surface area contributed by atoms with E-state index in [-0.39, 0.29) is 0 Å². The lowest BCUT2D eigenvalue weighted by Crippen LogP contribution is -2.12. The van der Waals surface area contributed by atoms with Crippen molar-refractivity contribution >= 4 is 39.8 Å². The number of aromatic nitrogens is 2. The van der Waals surface area contributed by atoms with Crippen molar-refractivity contribution in [3.8, 4) is 0 Å². The van der Waals surface area contributed by atoms with E-state index < -0.39 is 5.91 Å². The second kappa shape index (κ2) is 6.35. The molecule has 0 saturated carbocycles. The van der Waals surface area contributed by atoms with E-state index >= 15 is 0 Å². The van der Waals surface area contributed by atoms with Crippen LogP contribution in [0.3, 0.4) is 0 Å². The fourth-order valence-corrected chi connectivity index (χ4v) is 2.94. The van der Waals surface area contributed by atoms with Gasteiger partial charge in [-0.25, -0.2) is 4.98 Å². The van der Waals surface area contributed by atoms with E-state index in [0.29, 0.717) is 5.56 Å². The number of rotatable bonds is 5. The lowest BCUT2D eigenvalue weighted by Gasteiger charge is -2.08. The zero-order chi connectivity index (χ0) is 15.5. The number of nitrogens with zero attached hydrogens (tertiary/aromatic N) is 2. The molecule has 5 nitrogen and oxygen atoms in total. The summed E-state index contributed by atoms with van der Waals surface area (Å²) in [4.78, 5) is 15.6. The summed E-state index contributed by atoms with van der Waals surface area (Å²) in [6.45, 7) is 0.733. The Bertz CT molecular complexity index is 828. The van der Waals surface area contributed by atoms with Crippen molar-refractivity contribution in [2.45, 2.75) is 6.42 Å². The normalized spacial score (nSPS) is 10.8. The Balaban J connectivity index is 1.70. The summed E-state index contributed by atoms with van der Waals surface area (Å²) in [6.07, 6.45) is 6.55. The minimum atomic E-state index is -0.399. The Hall–Kier alpha value is -2.09. The summed E-state index contributed by atoms with van der Waals surface area (Å²) in [5.74, 6) is 0.459. The lowest BCUT2D eigenvalue weighted by molar-refractivity contribution is 0.1000. The van der Waals surface area contributed by atoms with E-state index in [2.05, 4.69) is 45.2 Å². The maximum absolute atomic E-state index is 11.2. The van der Waals surface area contributed by atoms with Crippen LogP contribution >= 0.6 is 22.6 Å². The largest absolute Gasteiger partial charge is 0.368 e. The van der Waals surface area contributed by atoms with Gasteiger partial charge in [-0.3, -0.25) is 4.79 Å². The van der Waals surface area contributed by atoms with E-state index in [0.717, 1.165) is 29.9 Å². The predicted octanol–water partition coefficient (Wildman–Crippen LogP) is 2.69. The minimum Gasteiger partial charge on any atom is -0.368 e. The van der Waals surface area contributed by atoms with Gasteiger partial charge in [0.05, 0.1) is 5.52 Å². The van der Waals surface area contributed by atoms with Gasteiger partial charge in [0.15, 0.2) is 0 Å². The van der Waals surface area contributed by atoms with Crippen LogP contribution < -0.4 is 11.1 Å². The van der Waals surface area contributed by atoms with Crippen LogP contribution in [-0.2, 0) is 6.42 Å². The van der Waals surface area contributed by atoms with Crippen LogP contribution in [0.4, 0.5) is 5.82 Å². The van der Waals surface area contributed by atoms with Gasteiger partial charge in [0.2, 0.25) is 5.91 Å². The number of anilines is 1. The van der Waals surface area contributed by atoms with Gasteiger partial charge in [-0.1, -0.05) is 12.1 Å². The van der Waals surface area contributed by atoms with Crippen molar-refractivity contribution in [2.75, 3.05) is 11.9 Å². The Morgan fingerprint density at radius 1 is 1.36 bits per heavy atom. The van der Waals surface area contributed by atoms with Crippen molar-refractivity contribution in [1.82, 2.24) is 9.38 Å². The van der Waals surface area contributed by atoms with E-state index in [1.807, 2.05) is 28.8 Å².